The van der Waals surface area contributed by atoms with E-state index >= 15 is 0 Å². The third-order valence-electron chi connectivity index (χ3n) is 4.69. The topological polar surface area (TPSA) is 61.9 Å². The van der Waals surface area contributed by atoms with E-state index in [2.05, 4.69) is 17.1 Å². The highest BCUT2D eigenvalue weighted by molar-refractivity contribution is 6.04. The van der Waals surface area contributed by atoms with Crippen molar-refractivity contribution in [3.63, 3.8) is 0 Å². The van der Waals surface area contributed by atoms with E-state index < -0.39 is 6.10 Å². The first-order valence-corrected chi connectivity index (χ1v) is 7.94. The maximum atomic E-state index is 12.9. The minimum absolute atomic E-state index is 0.0404. The molecule has 1 aromatic rings. The van der Waals surface area contributed by atoms with Crippen LogP contribution in [0, 0.1) is 5.92 Å². The van der Waals surface area contributed by atoms with Gasteiger partial charge in [0.05, 0.1) is 11.3 Å². The predicted octanol–water partition coefficient (Wildman–Crippen LogP) is 1.43. The first-order valence-electron chi connectivity index (χ1n) is 7.94. The molecular formula is C17H23N3O3. The Morgan fingerprint density at radius 1 is 1.30 bits per heavy atom. The SMILES string of the molecule is C[C@@H]1Oc2c(cccc2C(=O)N2C[C@H](C)[C@@H](N(C)C)C2)NC1=O. The molecule has 2 heterocycles. The van der Waals surface area contributed by atoms with E-state index in [1.165, 1.54) is 0 Å². The minimum Gasteiger partial charge on any atom is -0.478 e. The van der Waals surface area contributed by atoms with E-state index in [0.29, 0.717) is 35.5 Å². The summed E-state index contributed by atoms with van der Waals surface area (Å²) >= 11 is 0. The molecule has 0 unspecified atom stereocenters. The molecule has 0 aromatic heterocycles. The number of hydrogen-bond acceptors (Lipinski definition) is 4. The standard InChI is InChI=1S/C17H23N3O3/c1-10-8-20(9-14(10)19(3)4)17(22)12-6-5-7-13-15(12)23-11(2)16(21)18-13/h5-7,10-11,14H,8-9H2,1-4H3,(H,18,21)/t10-,11-,14-/m0/s1. The second-order valence-corrected chi connectivity index (χ2v) is 6.65. The van der Waals surface area contributed by atoms with Crippen LogP contribution in [0.15, 0.2) is 18.2 Å². The van der Waals surface area contributed by atoms with Crippen LogP contribution in [0.4, 0.5) is 5.69 Å². The van der Waals surface area contributed by atoms with Crippen LogP contribution in [-0.2, 0) is 4.79 Å². The van der Waals surface area contributed by atoms with Crippen LogP contribution in [0.25, 0.3) is 0 Å². The Bertz CT molecular complexity index is 644. The van der Waals surface area contributed by atoms with Crippen molar-refractivity contribution in [2.45, 2.75) is 26.0 Å². The molecule has 1 fully saturated rings. The highest BCUT2D eigenvalue weighted by atomic mass is 16.5. The van der Waals surface area contributed by atoms with E-state index in [9.17, 15) is 9.59 Å². The van der Waals surface area contributed by atoms with Crippen molar-refractivity contribution >= 4 is 17.5 Å². The third kappa shape index (κ3) is 2.79. The van der Waals surface area contributed by atoms with Crippen molar-refractivity contribution in [1.29, 1.82) is 0 Å². The molecule has 2 aliphatic heterocycles. The van der Waals surface area contributed by atoms with Crippen LogP contribution in [-0.4, -0.2) is 60.9 Å². The summed E-state index contributed by atoms with van der Waals surface area (Å²) in [7, 11) is 4.08. The van der Waals surface area contributed by atoms with E-state index in [0.717, 1.165) is 6.54 Å². The van der Waals surface area contributed by atoms with Gasteiger partial charge >= 0.3 is 0 Å². The lowest BCUT2D eigenvalue weighted by Crippen LogP contribution is -2.37. The third-order valence-corrected chi connectivity index (χ3v) is 4.69. The Kier molecular flexibility index (Phi) is 4.02. The molecule has 0 bridgehead atoms. The summed E-state index contributed by atoms with van der Waals surface area (Å²) in [6.45, 7) is 5.28. The number of hydrogen-bond donors (Lipinski definition) is 1. The van der Waals surface area contributed by atoms with Crippen molar-refractivity contribution in [3.8, 4) is 5.75 Å². The molecule has 124 valence electrons. The number of amides is 2. The van der Waals surface area contributed by atoms with Gasteiger partial charge in [0, 0.05) is 19.1 Å². The molecule has 0 aliphatic carbocycles. The van der Waals surface area contributed by atoms with Gasteiger partial charge in [-0.2, -0.15) is 0 Å². The molecular weight excluding hydrogens is 294 g/mol. The molecule has 1 N–H and O–H groups in total. The first-order chi connectivity index (χ1) is 10.9. The van der Waals surface area contributed by atoms with Gasteiger partial charge in [0.2, 0.25) is 0 Å². The highest BCUT2D eigenvalue weighted by Gasteiger charge is 2.36. The molecule has 2 aliphatic rings. The van der Waals surface area contributed by atoms with Crippen molar-refractivity contribution < 1.29 is 14.3 Å². The molecule has 0 spiro atoms. The Balaban J connectivity index is 1.87. The summed E-state index contributed by atoms with van der Waals surface area (Å²) in [4.78, 5) is 28.7. The van der Waals surface area contributed by atoms with Crippen molar-refractivity contribution in [2.24, 2.45) is 5.92 Å². The number of carbonyl (C=O) groups excluding carboxylic acids is 2. The molecule has 23 heavy (non-hydrogen) atoms. The summed E-state index contributed by atoms with van der Waals surface area (Å²) in [5.74, 6) is 0.671. The lowest BCUT2D eigenvalue weighted by Gasteiger charge is -2.26. The van der Waals surface area contributed by atoms with E-state index in [4.69, 9.17) is 4.74 Å². The number of carbonyl (C=O) groups is 2. The van der Waals surface area contributed by atoms with Gasteiger partial charge < -0.3 is 19.9 Å². The molecule has 1 aromatic carbocycles. The Morgan fingerprint density at radius 2 is 2.04 bits per heavy atom. The molecule has 0 radical (unpaired) electrons. The quantitative estimate of drug-likeness (QED) is 0.896. The van der Waals surface area contributed by atoms with Crippen molar-refractivity contribution in [1.82, 2.24) is 9.80 Å². The number of anilines is 1. The summed E-state index contributed by atoms with van der Waals surface area (Å²) < 4.78 is 5.69. The van der Waals surface area contributed by atoms with Crippen LogP contribution < -0.4 is 10.1 Å². The Hall–Kier alpha value is -2.08. The number of ether oxygens (including phenoxy) is 1. The second-order valence-electron chi connectivity index (χ2n) is 6.65. The van der Waals surface area contributed by atoms with E-state index in [-0.39, 0.29) is 11.8 Å². The maximum absolute atomic E-state index is 12.9. The fourth-order valence-corrected chi connectivity index (χ4v) is 3.35. The fourth-order valence-electron chi connectivity index (χ4n) is 3.35. The smallest absolute Gasteiger partial charge is 0.265 e. The summed E-state index contributed by atoms with van der Waals surface area (Å²) in [6.07, 6.45) is -0.594. The van der Waals surface area contributed by atoms with Gasteiger partial charge in [-0.15, -0.1) is 0 Å². The molecule has 0 saturated carbocycles. The second kappa shape index (κ2) is 5.85. The van der Waals surface area contributed by atoms with Crippen LogP contribution >= 0.6 is 0 Å². The number of rotatable bonds is 2. The van der Waals surface area contributed by atoms with Gasteiger partial charge in [-0.05, 0) is 39.1 Å². The van der Waals surface area contributed by atoms with Crippen LogP contribution in [0.5, 0.6) is 5.75 Å². The molecule has 3 rings (SSSR count). The Labute approximate surface area is 136 Å². The van der Waals surface area contributed by atoms with Gasteiger partial charge in [-0.25, -0.2) is 0 Å². The number of nitrogens with zero attached hydrogens (tertiary/aromatic N) is 2. The van der Waals surface area contributed by atoms with Gasteiger partial charge in [-0.1, -0.05) is 13.0 Å². The average Bonchev–Trinajstić information content (AvgIpc) is 2.89. The maximum Gasteiger partial charge on any atom is 0.265 e. The van der Waals surface area contributed by atoms with E-state index in [1.807, 2.05) is 19.0 Å². The summed E-state index contributed by atoms with van der Waals surface area (Å²) in [6, 6.07) is 5.65. The predicted molar refractivity (Wildman–Crippen MR) is 87.7 cm³/mol. The number of likely N-dealkylation sites (tertiary alicyclic amines) is 1. The highest BCUT2D eigenvalue weighted by Crippen LogP contribution is 2.35. The molecule has 6 heteroatoms. The van der Waals surface area contributed by atoms with Crippen LogP contribution in [0.3, 0.4) is 0 Å². The normalized spacial score (nSPS) is 26.7. The fraction of sp³-hybridized carbons (Fsp3) is 0.529. The van der Waals surface area contributed by atoms with Crippen molar-refractivity contribution in [2.75, 3.05) is 32.5 Å². The average molecular weight is 317 g/mol. The van der Waals surface area contributed by atoms with Gasteiger partial charge in [0.25, 0.3) is 11.8 Å². The lowest BCUT2D eigenvalue weighted by atomic mass is 10.1. The number of benzene rings is 1. The molecule has 1 saturated heterocycles. The van der Waals surface area contributed by atoms with Crippen LogP contribution in [0.1, 0.15) is 24.2 Å². The summed E-state index contributed by atoms with van der Waals surface area (Å²) in [5.41, 5.74) is 1.08. The largest absolute Gasteiger partial charge is 0.478 e. The van der Waals surface area contributed by atoms with E-state index in [1.54, 1.807) is 25.1 Å². The Morgan fingerprint density at radius 3 is 2.70 bits per heavy atom. The number of likely N-dealkylation sites (N-methyl/N-ethyl adjacent to an activating group) is 1. The number of nitrogens with one attached hydrogen (secondary N) is 1. The van der Waals surface area contributed by atoms with Gasteiger partial charge in [-0.3, -0.25) is 9.59 Å². The molecule has 6 nitrogen and oxygen atoms in total. The first kappa shape index (κ1) is 15.8. The zero-order valence-electron chi connectivity index (χ0n) is 14.0. The lowest BCUT2D eigenvalue weighted by molar-refractivity contribution is -0.122. The number of para-hydroxylation sites is 1. The number of fused-ring (bicyclic) bond motifs is 1. The van der Waals surface area contributed by atoms with Crippen molar-refractivity contribution in [3.05, 3.63) is 23.8 Å². The van der Waals surface area contributed by atoms with Crippen LogP contribution in [0.2, 0.25) is 0 Å². The minimum atomic E-state index is -0.594. The summed E-state index contributed by atoms with van der Waals surface area (Å²) in [5, 5.41) is 2.79. The molecule has 3 atom stereocenters. The molecule has 2 amide bonds. The van der Waals surface area contributed by atoms with Gasteiger partial charge in [0.15, 0.2) is 11.9 Å². The monoisotopic (exact) mass is 317 g/mol. The zero-order chi connectivity index (χ0) is 16.7. The van der Waals surface area contributed by atoms with Gasteiger partial charge in [0.1, 0.15) is 0 Å². The zero-order valence-corrected chi connectivity index (χ0v) is 14.0.